The molecule has 1 N–H and O–H groups in total. The number of hydrogen-bond donors (Lipinski definition) is 1. The first-order valence-corrected chi connectivity index (χ1v) is 6.71. The Morgan fingerprint density at radius 2 is 2.18 bits per heavy atom. The summed E-state index contributed by atoms with van der Waals surface area (Å²) in [6.07, 6.45) is 5.17. The summed E-state index contributed by atoms with van der Waals surface area (Å²) in [5.74, 6) is 0.406. The van der Waals surface area contributed by atoms with E-state index in [9.17, 15) is 4.79 Å². The van der Waals surface area contributed by atoms with E-state index < -0.39 is 5.54 Å². The fourth-order valence-corrected chi connectivity index (χ4v) is 2.50. The summed E-state index contributed by atoms with van der Waals surface area (Å²) in [5.41, 5.74) is -0.455. The summed E-state index contributed by atoms with van der Waals surface area (Å²) in [7, 11) is 0. The highest BCUT2D eigenvalue weighted by Gasteiger charge is 2.36. The third kappa shape index (κ3) is 3.42. The minimum atomic E-state index is -0.455. The van der Waals surface area contributed by atoms with Crippen molar-refractivity contribution in [1.82, 2.24) is 5.32 Å². The van der Waals surface area contributed by atoms with Crippen molar-refractivity contribution in [2.24, 2.45) is 5.92 Å². The highest BCUT2D eigenvalue weighted by atomic mass is 16.5. The van der Waals surface area contributed by atoms with Crippen LogP contribution in [0.1, 0.15) is 39.0 Å². The monoisotopic (exact) mass is 241 g/mol. The van der Waals surface area contributed by atoms with E-state index in [2.05, 4.69) is 5.32 Å². The Morgan fingerprint density at radius 1 is 1.41 bits per heavy atom. The van der Waals surface area contributed by atoms with Gasteiger partial charge in [0.15, 0.2) is 0 Å². The standard InChI is InChI=1S/C13H23NO3/c1-13(6-2-3-7-14-13)12(15)17-10-11-4-8-16-9-5-11/h11,14H,2-10H2,1H3. The van der Waals surface area contributed by atoms with Gasteiger partial charge in [0.2, 0.25) is 0 Å². The number of esters is 1. The molecule has 4 heteroatoms. The van der Waals surface area contributed by atoms with E-state index in [1.807, 2.05) is 6.92 Å². The molecule has 0 aromatic rings. The van der Waals surface area contributed by atoms with Crippen molar-refractivity contribution in [1.29, 1.82) is 0 Å². The zero-order chi connectivity index (χ0) is 12.1. The number of rotatable bonds is 3. The van der Waals surface area contributed by atoms with Crippen LogP contribution in [0.15, 0.2) is 0 Å². The number of piperidine rings is 1. The Kier molecular flexibility index (Phi) is 4.40. The van der Waals surface area contributed by atoms with Crippen LogP contribution in [0.2, 0.25) is 0 Å². The number of ether oxygens (including phenoxy) is 2. The van der Waals surface area contributed by atoms with Gasteiger partial charge in [0.1, 0.15) is 5.54 Å². The third-order valence-electron chi connectivity index (χ3n) is 3.86. The molecule has 0 spiro atoms. The summed E-state index contributed by atoms with van der Waals surface area (Å²) in [4.78, 5) is 12.0. The molecule has 2 rings (SSSR count). The Labute approximate surface area is 103 Å². The molecule has 0 radical (unpaired) electrons. The van der Waals surface area contributed by atoms with Crippen LogP contribution in [0.5, 0.6) is 0 Å². The van der Waals surface area contributed by atoms with Gasteiger partial charge in [0.05, 0.1) is 6.61 Å². The first-order valence-electron chi connectivity index (χ1n) is 6.71. The fourth-order valence-electron chi connectivity index (χ4n) is 2.50. The van der Waals surface area contributed by atoms with Crippen LogP contribution in [-0.2, 0) is 14.3 Å². The maximum Gasteiger partial charge on any atom is 0.326 e. The van der Waals surface area contributed by atoms with Crippen LogP contribution in [0, 0.1) is 5.92 Å². The minimum absolute atomic E-state index is 0.0799. The second-order valence-electron chi connectivity index (χ2n) is 5.37. The van der Waals surface area contributed by atoms with Gasteiger partial charge in [-0.05, 0) is 51.5 Å². The van der Waals surface area contributed by atoms with E-state index in [0.717, 1.165) is 51.9 Å². The molecular formula is C13H23NO3. The van der Waals surface area contributed by atoms with Crippen molar-refractivity contribution in [3.05, 3.63) is 0 Å². The number of carbonyl (C=O) groups is 1. The normalized spacial score (nSPS) is 31.1. The van der Waals surface area contributed by atoms with Gasteiger partial charge in [0.25, 0.3) is 0 Å². The third-order valence-corrected chi connectivity index (χ3v) is 3.86. The maximum absolute atomic E-state index is 12.0. The van der Waals surface area contributed by atoms with E-state index in [-0.39, 0.29) is 5.97 Å². The largest absolute Gasteiger partial charge is 0.464 e. The molecule has 0 amide bonds. The van der Waals surface area contributed by atoms with Gasteiger partial charge >= 0.3 is 5.97 Å². The first-order chi connectivity index (χ1) is 8.21. The molecule has 0 bridgehead atoms. The molecule has 0 aromatic heterocycles. The predicted molar refractivity (Wildman–Crippen MR) is 64.8 cm³/mol. The quantitative estimate of drug-likeness (QED) is 0.760. The lowest BCUT2D eigenvalue weighted by molar-refractivity contribution is -0.154. The summed E-state index contributed by atoms with van der Waals surface area (Å²) >= 11 is 0. The van der Waals surface area contributed by atoms with Gasteiger partial charge in [-0.2, -0.15) is 0 Å². The second-order valence-corrected chi connectivity index (χ2v) is 5.37. The molecular weight excluding hydrogens is 218 g/mol. The number of carbonyl (C=O) groups excluding carboxylic acids is 1. The van der Waals surface area contributed by atoms with Gasteiger partial charge < -0.3 is 14.8 Å². The number of nitrogens with one attached hydrogen (secondary N) is 1. The smallest absolute Gasteiger partial charge is 0.326 e. The van der Waals surface area contributed by atoms with E-state index >= 15 is 0 Å². The van der Waals surface area contributed by atoms with Crippen molar-refractivity contribution in [2.75, 3.05) is 26.4 Å². The van der Waals surface area contributed by atoms with Crippen molar-refractivity contribution in [2.45, 2.75) is 44.6 Å². The molecule has 0 aromatic carbocycles. The van der Waals surface area contributed by atoms with Crippen LogP contribution < -0.4 is 5.32 Å². The van der Waals surface area contributed by atoms with E-state index in [1.165, 1.54) is 0 Å². The van der Waals surface area contributed by atoms with Crippen molar-refractivity contribution < 1.29 is 14.3 Å². The fraction of sp³-hybridized carbons (Fsp3) is 0.923. The van der Waals surface area contributed by atoms with Gasteiger partial charge in [-0.15, -0.1) is 0 Å². The zero-order valence-electron chi connectivity index (χ0n) is 10.7. The molecule has 0 aliphatic carbocycles. The van der Waals surface area contributed by atoms with Crippen molar-refractivity contribution in [3.63, 3.8) is 0 Å². The highest BCUT2D eigenvalue weighted by Crippen LogP contribution is 2.21. The molecule has 2 heterocycles. The summed E-state index contributed by atoms with van der Waals surface area (Å²) in [6, 6.07) is 0. The van der Waals surface area contributed by atoms with E-state index in [1.54, 1.807) is 0 Å². The van der Waals surface area contributed by atoms with Crippen molar-refractivity contribution >= 4 is 5.97 Å². The van der Waals surface area contributed by atoms with Crippen molar-refractivity contribution in [3.8, 4) is 0 Å². The van der Waals surface area contributed by atoms with E-state index in [0.29, 0.717) is 12.5 Å². The Bertz CT molecular complexity index is 255. The molecule has 0 saturated carbocycles. The first kappa shape index (κ1) is 12.8. The summed E-state index contributed by atoms with van der Waals surface area (Å²) in [5, 5.41) is 3.28. The molecule has 2 fully saturated rings. The molecule has 1 unspecified atom stereocenters. The van der Waals surface area contributed by atoms with Gasteiger partial charge in [-0.1, -0.05) is 0 Å². The summed E-state index contributed by atoms with van der Waals surface area (Å²) in [6.45, 7) is 5.04. The Morgan fingerprint density at radius 3 is 2.82 bits per heavy atom. The Balaban J connectivity index is 1.75. The topological polar surface area (TPSA) is 47.6 Å². The lowest BCUT2D eigenvalue weighted by atomic mass is 9.91. The molecule has 17 heavy (non-hydrogen) atoms. The van der Waals surface area contributed by atoms with Gasteiger partial charge in [0, 0.05) is 13.2 Å². The molecule has 2 saturated heterocycles. The molecule has 2 aliphatic rings. The molecule has 4 nitrogen and oxygen atoms in total. The zero-order valence-corrected chi connectivity index (χ0v) is 10.7. The number of hydrogen-bond acceptors (Lipinski definition) is 4. The minimum Gasteiger partial charge on any atom is -0.464 e. The van der Waals surface area contributed by atoms with Crippen LogP contribution >= 0.6 is 0 Å². The lowest BCUT2D eigenvalue weighted by Gasteiger charge is -2.33. The molecule has 2 aliphatic heterocycles. The lowest BCUT2D eigenvalue weighted by Crippen LogP contribution is -2.53. The SMILES string of the molecule is CC1(C(=O)OCC2CCOCC2)CCCCN1. The molecule has 98 valence electrons. The van der Waals surface area contributed by atoms with Gasteiger partial charge in [-0.25, -0.2) is 0 Å². The maximum atomic E-state index is 12.0. The van der Waals surface area contributed by atoms with Crippen LogP contribution in [-0.4, -0.2) is 37.9 Å². The highest BCUT2D eigenvalue weighted by molar-refractivity contribution is 5.80. The molecule has 1 atom stereocenters. The van der Waals surface area contributed by atoms with Crippen LogP contribution in [0.4, 0.5) is 0 Å². The van der Waals surface area contributed by atoms with Gasteiger partial charge in [-0.3, -0.25) is 4.79 Å². The van der Waals surface area contributed by atoms with Crippen LogP contribution in [0.25, 0.3) is 0 Å². The van der Waals surface area contributed by atoms with E-state index in [4.69, 9.17) is 9.47 Å². The predicted octanol–water partition coefficient (Wildman–Crippen LogP) is 1.49. The average Bonchev–Trinajstić information content (AvgIpc) is 2.38. The van der Waals surface area contributed by atoms with Crippen LogP contribution in [0.3, 0.4) is 0 Å². The average molecular weight is 241 g/mol. The summed E-state index contributed by atoms with van der Waals surface area (Å²) < 4.78 is 10.8. The Hall–Kier alpha value is -0.610. The second kappa shape index (κ2) is 5.83.